The second-order valence-corrected chi connectivity index (χ2v) is 5.62. The average molecular weight is 286 g/mol. The van der Waals surface area contributed by atoms with Crippen LogP contribution in [0, 0.1) is 0 Å². The number of likely N-dealkylation sites (N-methyl/N-ethyl adjacent to an activating group) is 1. The Morgan fingerprint density at radius 2 is 2.00 bits per heavy atom. The van der Waals surface area contributed by atoms with Crippen LogP contribution in [0.3, 0.4) is 0 Å². The number of carbonyl (C=O) groups is 1. The van der Waals surface area contributed by atoms with E-state index >= 15 is 0 Å². The third kappa shape index (κ3) is 4.08. The van der Waals surface area contributed by atoms with Gasteiger partial charge in [0.15, 0.2) is 0 Å². The van der Waals surface area contributed by atoms with Crippen molar-refractivity contribution in [2.45, 2.75) is 32.9 Å². The number of nitrogens with zero attached hydrogens (tertiary/aromatic N) is 3. The Kier molecular flexibility index (Phi) is 4.62. The van der Waals surface area contributed by atoms with Crippen molar-refractivity contribution in [3.05, 3.63) is 47.8 Å². The summed E-state index contributed by atoms with van der Waals surface area (Å²) in [7, 11) is 1.80. The van der Waals surface area contributed by atoms with Gasteiger partial charge in [-0.25, -0.2) is 0 Å². The molecule has 1 aromatic carbocycles. The van der Waals surface area contributed by atoms with Gasteiger partial charge in [-0.05, 0) is 17.0 Å². The Labute approximate surface area is 125 Å². The standard InChI is InChI=1S/C16H22N4O/c1-12(2)14-6-4-13(5-7-14)9-19(3)16(21)11-20-10-15(17)8-18-20/h4-8,10,12H,9,11,17H2,1-3H3. The number of hydrogen-bond acceptors (Lipinski definition) is 3. The van der Waals surface area contributed by atoms with E-state index in [9.17, 15) is 4.79 Å². The maximum absolute atomic E-state index is 12.1. The molecule has 0 atom stereocenters. The molecule has 5 heteroatoms. The van der Waals surface area contributed by atoms with Crippen molar-refractivity contribution in [3.63, 3.8) is 0 Å². The molecule has 1 aromatic heterocycles. The van der Waals surface area contributed by atoms with Gasteiger partial charge in [-0.1, -0.05) is 38.1 Å². The second-order valence-electron chi connectivity index (χ2n) is 5.62. The number of anilines is 1. The van der Waals surface area contributed by atoms with Crippen LogP contribution < -0.4 is 5.73 Å². The zero-order chi connectivity index (χ0) is 15.4. The maximum atomic E-state index is 12.1. The second kappa shape index (κ2) is 6.43. The van der Waals surface area contributed by atoms with E-state index in [4.69, 9.17) is 5.73 Å². The molecule has 1 amide bonds. The molecule has 0 spiro atoms. The van der Waals surface area contributed by atoms with E-state index in [1.165, 1.54) is 11.8 Å². The Hall–Kier alpha value is -2.30. The summed E-state index contributed by atoms with van der Waals surface area (Å²) in [5.41, 5.74) is 8.57. The summed E-state index contributed by atoms with van der Waals surface area (Å²) in [6.45, 7) is 5.13. The first-order chi connectivity index (χ1) is 9.95. The highest BCUT2D eigenvalue weighted by molar-refractivity contribution is 5.75. The number of carbonyl (C=O) groups excluding carboxylic acids is 1. The smallest absolute Gasteiger partial charge is 0.244 e. The van der Waals surface area contributed by atoms with E-state index in [2.05, 4.69) is 43.2 Å². The predicted molar refractivity (Wildman–Crippen MR) is 83.6 cm³/mol. The fourth-order valence-electron chi connectivity index (χ4n) is 2.10. The van der Waals surface area contributed by atoms with Crippen LogP contribution in [0.2, 0.25) is 0 Å². The molecular formula is C16H22N4O. The largest absolute Gasteiger partial charge is 0.396 e. The lowest BCUT2D eigenvalue weighted by molar-refractivity contribution is -0.131. The fourth-order valence-corrected chi connectivity index (χ4v) is 2.10. The molecule has 2 N–H and O–H groups in total. The van der Waals surface area contributed by atoms with Crippen molar-refractivity contribution in [2.24, 2.45) is 0 Å². The number of hydrogen-bond donors (Lipinski definition) is 1. The molecule has 1 heterocycles. The van der Waals surface area contributed by atoms with Gasteiger partial charge in [-0.15, -0.1) is 0 Å². The first kappa shape index (κ1) is 15.1. The summed E-state index contributed by atoms with van der Waals surface area (Å²) >= 11 is 0. The molecule has 2 aromatic rings. The molecule has 0 bridgehead atoms. The Balaban J connectivity index is 1.93. The van der Waals surface area contributed by atoms with Crippen molar-refractivity contribution >= 4 is 11.6 Å². The minimum absolute atomic E-state index is 0.00559. The Morgan fingerprint density at radius 1 is 1.33 bits per heavy atom. The van der Waals surface area contributed by atoms with Crippen molar-refractivity contribution in [1.29, 1.82) is 0 Å². The molecule has 0 saturated carbocycles. The molecule has 112 valence electrons. The minimum atomic E-state index is 0.00559. The van der Waals surface area contributed by atoms with Crippen molar-refractivity contribution in [1.82, 2.24) is 14.7 Å². The number of benzene rings is 1. The summed E-state index contributed by atoms with van der Waals surface area (Å²) in [6, 6.07) is 8.38. The van der Waals surface area contributed by atoms with Gasteiger partial charge in [-0.2, -0.15) is 5.10 Å². The number of nitrogens with two attached hydrogens (primary N) is 1. The first-order valence-corrected chi connectivity index (χ1v) is 7.06. The van der Waals surface area contributed by atoms with Gasteiger partial charge < -0.3 is 10.6 Å². The molecule has 0 aliphatic carbocycles. The Bertz CT molecular complexity index is 601. The zero-order valence-corrected chi connectivity index (χ0v) is 12.8. The van der Waals surface area contributed by atoms with Gasteiger partial charge in [0, 0.05) is 19.8 Å². The lowest BCUT2D eigenvalue weighted by Crippen LogP contribution is -2.29. The molecule has 21 heavy (non-hydrogen) atoms. The van der Waals surface area contributed by atoms with Crippen LogP contribution in [-0.2, 0) is 17.9 Å². The summed E-state index contributed by atoms with van der Waals surface area (Å²) < 4.78 is 1.55. The van der Waals surface area contributed by atoms with Crippen LogP contribution in [0.25, 0.3) is 0 Å². The molecular weight excluding hydrogens is 264 g/mol. The summed E-state index contributed by atoms with van der Waals surface area (Å²) in [5, 5.41) is 4.02. The third-order valence-electron chi connectivity index (χ3n) is 3.44. The van der Waals surface area contributed by atoms with Crippen LogP contribution in [-0.4, -0.2) is 27.6 Å². The molecule has 5 nitrogen and oxygen atoms in total. The highest BCUT2D eigenvalue weighted by atomic mass is 16.2. The van der Waals surface area contributed by atoms with E-state index < -0.39 is 0 Å². The van der Waals surface area contributed by atoms with Gasteiger partial charge in [0.25, 0.3) is 0 Å². The molecule has 0 unspecified atom stereocenters. The maximum Gasteiger partial charge on any atom is 0.244 e. The SMILES string of the molecule is CC(C)c1ccc(CN(C)C(=O)Cn2cc(N)cn2)cc1. The monoisotopic (exact) mass is 286 g/mol. The normalized spacial score (nSPS) is 10.9. The van der Waals surface area contributed by atoms with Crippen molar-refractivity contribution in [3.8, 4) is 0 Å². The van der Waals surface area contributed by atoms with Crippen LogP contribution in [0.15, 0.2) is 36.7 Å². The number of aromatic nitrogens is 2. The fraction of sp³-hybridized carbons (Fsp3) is 0.375. The van der Waals surface area contributed by atoms with Gasteiger partial charge in [0.2, 0.25) is 5.91 Å². The highest BCUT2D eigenvalue weighted by Gasteiger charge is 2.11. The van der Waals surface area contributed by atoms with E-state index in [-0.39, 0.29) is 12.5 Å². The molecule has 0 aliphatic heterocycles. The minimum Gasteiger partial charge on any atom is -0.396 e. The van der Waals surface area contributed by atoms with Crippen LogP contribution in [0.4, 0.5) is 5.69 Å². The first-order valence-electron chi connectivity index (χ1n) is 7.06. The molecule has 2 rings (SSSR count). The van der Waals surface area contributed by atoms with Crippen LogP contribution in [0.5, 0.6) is 0 Å². The highest BCUT2D eigenvalue weighted by Crippen LogP contribution is 2.15. The number of rotatable bonds is 5. The molecule has 0 saturated heterocycles. The van der Waals surface area contributed by atoms with Gasteiger partial charge in [-0.3, -0.25) is 9.48 Å². The molecule has 0 radical (unpaired) electrons. The van der Waals surface area contributed by atoms with Crippen molar-refractivity contribution < 1.29 is 4.79 Å². The number of amides is 1. The van der Waals surface area contributed by atoms with Crippen LogP contribution in [0.1, 0.15) is 30.9 Å². The van der Waals surface area contributed by atoms with E-state index in [1.807, 2.05) is 0 Å². The van der Waals surface area contributed by atoms with Gasteiger partial charge >= 0.3 is 0 Å². The summed E-state index contributed by atoms with van der Waals surface area (Å²) in [6.07, 6.45) is 3.20. The summed E-state index contributed by atoms with van der Waals surface area (Å²) in [4.78, 5) is 13.8. The predicted octanol–water partition coefficient (Wildman–Crippen LogP) is 2.25. The Morgan fingerprint density at radius 3 is 2.52 bits per heavy atom. The van der Waals surface area contributed by atoms with Crippen molar-refractivity contribution in [2.75, 3.05) is 12.8 Å². The quantitative estimate of drug-likeness (QED) is 0.917. The lowest BCUT2D eigenvalue weighted by atomic mass is 10.0. The summed E-state index contributed by atoms with van der Waals surface area (Å²) in [5.74, 6) is 0.523. The van der Waals surface area contributed by atoms with E-state index in [1.54, 1.807) is 22.8 Å². The average Bonchev–Trinajstić information content (AvgIpc) is 2.84. The molecule has 0 fully saturated rings. The number of nitrogen functional groups attached to an aromatic ring is 1. The van der Waals surface area contributed by atoms with E-state index in [0.717, 1.165) is 5.56 Å². The third-order valence-corrected chi connectivity index (χ3v) is 3.44. The lowest BCUT2D eigenvalue weighted by Gasteiger charge is -2.17. The zero-order valence-electron chi connectivity index (χ0n) is 12.8. The van der Waals surface area contributed by atoms with E-state index in [0.29, 0.717) is 18.2 Å². The topological polar surface area (TPSA) is 64.2 Å². The van der Waals surface area contributed by atoms with Gasteiger partial charge in [0.1, 0.15) is 6.54 Å². The molecule has 0 aliphatic rings. The van der Waals surface area contributed by atoms with Crippen LogP contribution >= 0.6 is 0 Å². The van der Waals surface area contributed by atoms with Gasteiger partial charge in [0.05, 0.1) is 11.9 Å².